The van der Waals surface area contributed by atoms with E-state index in [1.165, 1.54) is 12.8 Å². The minimum atomic E-state index is 0.392. The maximum Gasteiger partial charge on any atom is 0.125 e. The molecule has 1 heterocycles. The van der Waals surface area contributed by atoms with Crippen LogP contribution in [-0.4, -0.2) is 9.97 Å². The number of hydrogen-bond donors (Lipinski definition) is 0. The highest BCUT2D eigenvalue weighted by Gasteiger charge is 2.25. The molecule has 13 heavy (non-hydrogen) atoms. The number of nitrogens with zero attached hydrogens (tertiary/aromatic N) is 3. The Morgan fingerprint density at radius 2 is 2.31 bits per heavy atom. The average Bonchev–Trinajstić information content (AvgIpc) is 2.85. The second kappa shape index (κ2) is 3.14. The van der Waals surface area contributed by atoms with Crippen molar-refractivity contribution in [1.82, 2.24) is 9.97 Å². The van der Waals surface area contributed by atoms with Gasteiger partial charge in [0.2, 0.25) is 0 Å². The van der Waals surface area contributed by atoms with Crippen LogP contribution < -0.4 is 0 Å². The zero-order valence-corrected chi connectivity index (χ0v) is 7.62. The van der Waals surface area contributed by atoms with Crippen molar-refractivity contribution in [1.29, 1.82) is 5.26 Å². The smallest absolute Gasteiger partial charge is 0.125 e. The second-order valence-corrected chi connectivity index (χ2v) is 3.44. The van der Waals surface area contributed by atoms with Crippen LogP contribution in [0.3, 0.4) is 0 Å². The van der Waals surface area contributed by atoms with Gasteiger partial charge < -0.3 is 0 Å². The van der Waals surface area contributed by atoms with Gasteiger partial charge in [0.25, 0.3) is 0 Å². The Balaban J connectivity index is 2.31. The first-order valence-electron chi connectivity index (χ1n) is 4.51. The molecular formula is C10H11N3. The van der Waals surface area contributed by atoms with Crippen LogP contribution >= 0.6 is 0 Å². The third kappa shape index (κ3) is 1.83. The van der Waals surface area contributed by atoms with Crippen LogP contribution in [0.4, 0.5) is 0 Å². The van der Waals surface area contributed by atoms with Crippen molar-refractivity contribution in [3.8, 4) is 6.07 Å². The van der Waals surface area contributed by atoms with Gasteiger partial charge in [-0.05, 0) is 25.8 Å². The molecule has 1 fully saturated rings. The molecule has 0 aliphatic heterocycles. The predicted octanol–water partition coefficient (Wildman–Crippen LogP) is 1.73. The molecule has 3 nitrogen and oxygen atoms in total. The van der Waals surface area contributed by atoms with Crippen LogP contribution in [0.25, 0.3) is 0 Å². The van der Waals surface area contributed by atoms with E-state index in [1.54, 1.807) is 0 Å². The first-order chi connectivity index (χ1) is 6.29. The van der Waals surface area contributed by atoms with Crippen LogP contribution in [0.15, 0.2) is 6.07 Å². The van der Waals surface area contributed by atoms with Gasteiger partial charge in [-0.2, -0.15) is 5.26 Å². The SMILES string of the molecule is Cc1nc(CC#N)cc(C2CC2)n1. The lowest BCUT2D eigenvalue weighted by Gasteiger charge is -2.01. The highest BCUT2D eigenvalue weighted by molar-refractivity contribution is 5.20. The highest BCUT2D eigenvalue weighted by atomic mass is 14.9. The Morgan fingerprint density at radius 1 is 1.54 bits per heavy atom. The molecule has 3 heteroatoms. The lowest BCUT2D eigenvalue weighted by molar-refractivity contribution is 0.905. The Hall–Kier alpha value is -1.43. The molecule has 1 aliphatic carbocycles. The van der Waals surface area contributed by atoms with Crippen molar-refractivity contribution in [2.75, 3.05) is 0 Å². The third-order valence-corrected chi connectivity index (χ3v) is 2.17. The summed E-state index contributed by atoms with van der Waals surface area (Å²) in [6.07, 6.45) is 2.87. The van der Waals surface area contributed by atoms with E-state index in [0.29, 0.717) is 12.3 Å². The third-order valence-electron chi connectivity index (χ3n) is 2.17. The van der Waals surface area contributed by atoms with Gasteiger partial charge in [0.1, 0.15) is 5.82 Å². The Morgan fingerprint density at radius 3 is 2.92 bits per heavy atom. The van der Waals surface area contributed by atoms with Crippen LogP contribution in [0.5, 0.6) is 0 Å². The maximum atomic E-state index is 8.55. The molecule has 2 rings (SSSR count). The molecule has 0 saturated heterocycles. The van der Waals surface area contributed by atoms with Gasteiger partial charge in [0, 0.05) is 11.6 Å². The largest absolute Gasteiger partial charge is 0.238 e. The molecule has 0 N–H and O–H groups in total. The maximum absolute atomic E-state index is 8.55. The summed E-state index contributed by atoms with van der Waals surface area (Å²) < 4.78 is 0. The summed E-state index contributed by atoms with van der Waals surface area (Å²) in [6, 6.07) is 4.07. The standard InChI is InChI=1S/C10H11N3/c1-7-12-9(4-5-11)6-10(13-7)8-2-3-8/h6,8H,2-4H2,1H3. The molecule has 1 aromatic heterocycles. The molecule has 0 bridgehead atoms. The first-order valence-corrected chi connectivity index (χ1v) is 4.51. The van der Waals surface area contributed by atoms with E-state index in [1.807, 2.05) is 13.0 Å². The Bertz CT molecular complexity index is 361. The van der Waals surface area contributed by atoms with Crippen molar-refractivity contribution in [2.45, 2.75) is 32.1 Å². The number of rotatable bonds is 2. The van der Waals surface area contributed by atoms with E-state index in [0.717, 1.165) is 17.2 Å². The van der Waals surface area contributed by atoms with E-state index in [9.17, 15) is 0 Å². The molecule has 1 aliphatic rings. The molecule has 0 aromatic carbocycles. The lowest BCUT2D eigenvalue weighted by Crippen LogP contribution is -1.98. The fraction of sp³-hybridized carbons (Fsp3) is 0.500. The summed E-state index contributed by atoms with van der Waals surface area (Å²) in [5, 5.41) is 8.55. The number of aromatic nitrogens is 2. The van der Waals surface area contributed by atoms with Gasteiger partial charge in [-0.15, -0.1) is 0 Å². The fourth-order valence-corrected chi connectivity index (χ4v) is 1.41. The molecular weight excluding hydrogens is 162 g/mol. The van der Waals surface area contributed by atoms with E-state index < -0.39 is 0 Å². The normalized spacial score (nSPS) is 15.4. The monoisotopic (exact) mass is 173 g/mol. The predicted molar refractivity (Wildman–Crippen MR) is 48.1 cm³/mol. The van der Waals surface area contributed by atoms with Crippen LogP contribution in [0.1, 0.15) is 36.0 Å². The summed E-state index contributed by atoms with van der Waals surface area (Å²) >= 11 is 0. The van der Waals surface area contributed by atoms with Crippen molar-refractivity contribution < 1.29 is 0 Å². The van der Waals surface area contributed by atoms with E-state index in [-0.39, 0.29) is 0 Å². The summed E-state index contributed by atoms with van der Waals surface area (Å²) in [5.41, 5.74) is 1.98. The lowest BCUT2D eigenvalue weighted by atomic mass is 10.2. The van der Waals surface area contributed by atoms with Gasteiger partial charge >= 0.3 is 0 Å². The van der Waals surface area contributed by atoms with Crippen LogP contribution in [0, 0.1) is 18.3 Å². The zero-order chi connectivity index (χ0) is 9.26. The highest BCUT2D eigenvalue weighted by Crippen LogP contribution is 2.38. The van der Waals surface area contributed by atoms with Crippen molar-refractivity contribution >= 4 is 0 Å². The van der Waals surface area contributed by atoms with Gasteiger partial charge in [0.05, 0.1) is 18.2 Å². The quantitative estimate of drug-likeness (QED) is 0.684. The number of aryl methyl sites for hydroxylation is 1. The summed E-state index contributed by atoms with van der Waals surface area (Å²) in [5.74, 6) is 1.42. The second-order valence-electron chi connectivity index (χ2n) is 3.44. The van der Waals surface area contributed by atoms with Crippen molar-refractivity contribution in [2.24, 2.45) is 0 Å². The molecule has 0 amide bonds. The van der Waals surface area contributed by atoms with E-state index in [2.05, 4.69) is 16.0 Å². The average molecular weight is 173 g/mol. The number of hydrogen-bond acceptors (Lipinski definition) is 3. The number of nitriles is 1. The molecule has 66 valence electrons. The molecule has 1 saturated carbocycles. The van der Waals surface area contributed by atoms with E-state index >= 15 is 0 Å². The van der Waals surface area contributed by atoms with Crippen LogP contribution in [-0.2, 0) is 6.42 Å². The molecule has 1 aromatic rings. The van der Waals surface area contributed by atoms with Crippen molar-refractivity contribution in [3.63, 3.8) is 0 Å². The Kier molecular flexibility index (Phi) is 1.97. The molecule has 0 spiro atoms. The summed E-state index contributed by atoms with van der Waals surface area (Å²) in [4.78, 5) is 8.56. The molecule has 0 unspecified atom stereocenters. The Labute approximate surface area is 77.4 Å². The van der Waals surface area contributed by atoms with E-state index in [4.69, 9.17) is 5.26 Å². The summed E-state index contributed by atoms with van der Waals surface area (Å²) in [6.45, 7) is 1.88. The molecule has 0 atom stereocenters. The zero-order valence-electron chi connectivity index (χ0n) is 7.62. The van der Waals surface area contributed by atoms with Gasteiger partial charge in [-0.1, -0.05) is 0 Å². The van der Waals surface area contributed by atoms with Gasteiger partial charge in [-0.3, -0.25) is 0 Å². The van der Waals surface area contributed by atoms with Gasteiger partial charge in [0.15, 0.2) is 0 Å². The molecule has 0 radical (unpaired) electrons. The first kappa shape index (κ1) is 8.18. The minimum absolute atomic E-state index is 0.392. The summed E-state index contributed by atoms with van der Waals surface area (Å²) in [7, 11) is 0. The minimum Gasteiger partial charge on any atom is -0.238 e. The van der Waals surface area contributed by atoms with Crippen LogP contribution in [0.2, 0.25) is 0 Å². The topological polar surface area (TPSA) is 49.6 Å². The fourth-order valence-electron chi connectivity index (χ4n) is 1.41. The van der Waals surface area contributed by atoms with Gasteiger partial charge in [-0.25, -0.2) is 9.97 Å². The van der Waals surface area contributed by atoms with Crippen molar-refractivity contribution in [3.05, 3.63) is 23.3 Å².